The molecule has 0 bridgehead atoms. The second kappa shape index (κ2) is 8.48. The number of anilines is 2. The van der Waals surface area contributed by atoms with Crippen molar-refractivity contribution >= 4 is 17.5 Å². The maximum absolute atomic E-state index is 12.1. The first-order valence-electron chi connectivity index (χ1n) is 8.50. The fourth-order valence-electron chi connectivity index (χ4n) is 2.68. The predicted molar refractivity (Wildman–Crippen MR) is 98.7 cm³/mol. The maximum Gasteiger partial charge on any atom is 0.319 e. The molecule has 1 fully saturated rings. The van der Waals surface area contributed by atoms with Gasteiger partial charge in [0.25, 0.3) is 0 Å². The third-order valence-electron chi connectivity index (χ3n) is 3.96. The van der Waals surface area contributed by atoms with Crippen molar-refractivity contribution in [2.75, 3.05) is 43.6 Å². The molecule has 3 rings (SSSR count). The molecule has 0 atom stereocenters. The van der Waals surface area contributed by atoms with Crippen LogP contribution in [0.5, 0.6) is 5.75 Å². The van der Waals surface area contributed by atoms with Crippen molar-refractivity contribution in [1.29, 1.82) is 0 Å². The lowest BCUT2D eigenvalue weighted by molar-refractivity contribution is 0.122. The van der Waals surface area contributed by atoms with Crippen molar-refractivity contribution in [3.63, 3.8) is 0 Å². The molecule has 8 nitrogen and oxygen atoms in total. The number of rotatable bonds is 5. The summed E-state index contributed by atoms with van der Waals surface area (Å²) in [6, 6.07) is 8.80. The van der Waals surface area contributed by atoms with Crippen molar-refractivity contribution in [2.45, 2.75) is 13.5 Å². The Balaban J connectivity index is 1.59. The van der Waals surface area contributed by atoms with E-state index in [1.165, 1.54) is 0 Å². The van der Waals surface area contributed by atoms with Gasteiger partial charge in [-0.25, -0.2) is 14.8 Å². The number of amides is 2. The number of ether oxygens (including phenoxy) is 2. The van der Waals surface area contributed by atoms with Crippen LogP contribution in [-0.2, 0) is 11.3 Å². The minimum atomic E-state index is -0.323. The Morgan fingerprint density at radius 1 is 1.27 bits per heavy atom. The number of aromatic nitrogens is 2. The van der Waals surface area contributed by atoms with Crippen LogP contribution in [0.25, 0.3) is 0 Å². The number of hydrogen-bond acceptors (Lipinski definition) is 6. The minimum Gasteiger partial charge on any atom is -0.497 e. The first kappa shape index (κ1) is 17.9. The summed E-state index contributed by atoms with van der Waals surface area (Å²) in [4.78, 5) is 23.2. The molecular weight excluding hydrogens is 334 g/mol. The predicted octanol–water partition coefficient (Wildman–Crippen LogP) is 1.95. The van der Waals surface area contributed by atoms with Gasteiger partial charge in [-0.3, -0.25) is 0 Å². The van der Waals surface area contributed by atoms with Crippen LogP contribution in [0.4, 0.5) is 16.3 Å². The van der Waals surface area contributed by atoms with Gasteiger partial charge in [0.2, 0.25) is 0 Å². The summed E-state index contributed by atoms with van der Waals surface area (Å²) in [5, 5.41) is 5.55. The summed E-state index contributed by atoms with van der Waals surface area (Å²) < 4.78 is 10.5. The SMILES string of the molecule is COc1cccc(NC(=O)NCc2nc(C)cc(N3CCOCC3)n2)c1. The minimum absolute atomic E-state index is 0.245. The molecular formula is C18H23N5O3. The molecule has 0 aliphatic carbocycles. The van der Waals surface area contributed by atoms with Gasteiger partial charge in [0.1, 0.15) is 17.4 Å². The third-order valence-corrected chi connectivity index (χ3v) is 3.96. The third kappa shape index (κ3) is 4.82. The van der Waals surface area contributed by atoms with E-state index in [2.05, 4.69) is 25.5 Å². The number of urea groups is 1. The summed E-state index contributed by atoms with van der Waals surface area (Å²) in [6.45, 7) is 5.17. The Morgan fingerprint density at radius 3 is 2.85 bits per heavy atom. The molecule has 2 heterocycles. The van der Waals surface area contributed by atoms with E-state index in [1.54, 1.807) is 19.2 Å². The first-order valence-corrected chi connectivity index (χ1v) is 8.50. The highest BCUT2D eigenvalue weighted by Gasteiger charge is 2.14. The van der Waals surface area contributed by atoms with Crippen LogP contribution in [-0.4, -0.2) is 49.4 Å². The number of carbonyl (C=O) groups is 1. The monoisotopic (exact) mass is 357 g/mol. The number of nitrogens with one attached hydrogen (secondary N) is 2. The highest BCUT2D eigenvalue weighted by atomic mass is 16.5. The highest BCUT2D eigenvalue weighted by Crippen LogP contribution is 2.17. The van der Waals surface area contributed by atoms with Gasteiger partial charge >= 0.3 is 6.03 Å². The van der Waals surface area contributed by atoms with Gasteiger partial charge in [-0.15, -0.1) is 0 Å². The van der Waals surface area contributed by atoms with Gasteiger partial charge in [-0.05, 0) is 19.1 Å². The van der Waals surface area contributed by atoms with Gasteiger partial charge in [0.05, 0.1) is 26.9 Å². The summed E-state index contributed by atoms with van der Waals surface area (Å²) in [5.41, 5.74) is 1.52. The van der Waals surface area contributed by atoms with Crippen molar-refractivity contribution in [2.24, 2.45) is 0 Å². The van der Waals surface area contributed by atoms with Crippen molar-refractivity contribution < 1.29 is 14.3 Å². The Labute approximate surface area is 152 Å². The van der Waals surface area contributed by atoms with Crippen molar-refractivity contribution in [1.82, 2.24) is 15.3 Å². The van der Waals surface area contributed by atoms with E-state index in [-0.39, 0.29) is 12.6 Å². The first-order chi connectivity index (χ1) is 12.6. The highest BCUT2D eigenvalue weighted by molar-refractivity contribution is 5.89. The van der Waals surface area contributed by atoms with Crippen LogP contribution in [0.15, 0.2) is 30.3 Å². The van der Waals surface area contributed by atoms with Crippen LogP contribution in [0.1, 0.15) is 11.5 Å². The van der Waals surface area contributed by atoms with Gasteiger partial charge in [-0.2, -0.15) is 0 Å². The number of methoxy groups -OCH3 is 1. The zero-order valence-corrected chi connectivity index (χ0v) is 15.0. The molecule has 1 aliphatic rings. The van der Waals surface area contributed by atoms with Crippen LogP contribution >= 0.6 is 0 Å². The van der Waals surface area contributed by atoms with Gasteiger partial charge in [0.15, 0.2) is 0 Å². The van der Waals surface area contributed by atoms with Crippen LogP contribution in [0.2, 0.25) is 0 Å². The molecule has 1 aromatic heterocycles. The molecule has 0 saturated carbocycles. The Bertz CT molecular complexity index is 762. The Kier molecular flexibility index (Phi) is 5.85. The van der Waals surface area contributed by atoms with E-state index >= 15 is 0 Å². The van der Waals surface area contributed by atoms with Gasteiger partial charge in [0, 0.05) is 36.6 Å². The molecule has 0 radical (unpaired) electrons. The van der Waals surface area contributed by atoms with E-state index in [1.807, 2.05) is 25.1 Å². The van der Waals surface area contributed by atoms with Crippen LogP contribution in [0.3, 0.4) is 0 Å². The van der Waals surface area contributed by atoms with E-state index in [0.717, 1.165) is 24.6 Å². The lowest BCUT2D eigenvalue weighted by atomic mass is 10.3. The molecule has 138 valence electrons. The molecule has 26 heavy (non-hydrogen) atoms. The largest absolute Gasteiger partial charge is 0.497 e. The van der Waals surface area contributed by atoms with Gasteiger partial charge in [-0.1, -0.05) is 6.07 Å². The second-order valence-corrected chi connectivity index (χ2v) is 5.92. The quantitative estimate of drug-likeness (QED) is 0.850. The normalized spacial score (nSPS) is 14.0. The molecule has 8 heteroatoms. The van der Waals surface area contributed by atoms with Crippen molar-refractivity contribution in [3.05, 3.63) is 41.9 Å². The summed E-state index contributed by atoms with van der Waals surface area (Å²) >= 11 is 0. The van der Waals surface area contributed by atoms with Crippen molar-refractivity contribution in [3.8, 4) is 5.75 Å². The summed E-state index contributed by atoms with van der Waals surface area (Å²) in [6.07, 6.45) is 0. The van der Waals surface area contributed by atoms with E-state index in [0.29, 0.717) is 30.5 Å². The van der Waals surface area contributed by atoms with Gasteiger partial charge < -0.3 is 25.0 Å². The molecule has 2 aromatic rings. The fraction of sp³-hybridized carbons (Fsp3) is 0.389. The van der Waals surface area contributed by atoms with Crippen LogP contribution in [0, 0.1) is 6.92 Å². The average molecular weight is 357 g/mol. The van der Waals surface area contributed by atoms with Crippen LogP contribution < -0.4 is 20.3 Å². The maximum atomic E-state index is 12.1. The number of carbonyl (C=O) groups excluding carboxylic acids is 1. The standard InChI is InChI=1S/C18H23N5O3/c1-13-10-17(23-6-8-26-9-7-23)22-16(20-13)12-19-18(24)21-14-4-3-5-15(11-14)25-2/h3-5,10-11H,6-9,12H2,1-2H3,(H2,19,21,24). The lowest BCUT2D eigenvalue weighted by Crippen LogP contribution is -2.37. The zero-order valence-electron chi connectivity index (χ0n) is 15.0. The molecule has 0 unspecified atom stereocenters. The number of benzene rings is 1. The summed E-state index contributed by atoms with van der Waals surface area (Å²) in [7, 11) is 1.58. The molecule has 1 saturated heterocycles. The average Bonchev–Trinajstić information content (AvgIpc) is 2.67. The molecule has 2 N–H and O–H groups in total. The van der Waals surface area contributed by atoms with E-state index in [4.69, 9.17) is 9.47 Å². The Hall–Kier alpha value is -2.87. The Morgan fingerprint density at radius 2 is 2.08 bits per heavy atom. The zero-order chi connectivity index (χ0) is 18.4. The lowest BCUT2D eigenvalue weighted by Gasteiger charge is -2.28. The number of morpholine rings is 1. The number of aryl methyl sites for hydroxylation is 1. The number of nitrogens with zero attached hydrogens (tertiary/aromatic N) is 3. The summed E-state index contributed by atoms with van der Waals surface area (Å²) in [5.74, 6) is 2.12. The molecule has 1 aliphatic heterocycles. The fourth-order valence-corrected chi connectivity index (χ4v) is 2.68. The smallest absolute Gasteiger partial charge is 0.319 e. The molecule has 2 amide bonds. The molecule has 1 aromatic carbocycles. The van der Waals surface area contributed by atoms with E-state index < -0.39 is 0 Å². The molecule has 0 spiro atoms. The second-order valence-electron chi connectivity index (χ2n) is 5.92. The number of hydrogen-bond donors (Lipinski definition) is 2. The topological polar surface area (TPSA) is 88.6 Å². The van der Waals surface area contributed by atoms with E-state index in [9.17, 15) is 4.79 Å².